The molecule has 0 heterocycles. The third kappa shape index (κ3) is 7.59. The summed E-state index contributed by atoms with van der Waals surface area (Å²) < 4.78 is 26.2. The van der Waals surface area contributed by atoms with Crippen molar-refractivity contribution in [1.29, 1.82) is 0 Å². The first kappa shape index (κ1) is 20.6. The Bertz CT molecular complexity index is 855. The van der Waals surface area contributed by atoms with Crippen LogP contribution >= 0.6 is 0 Å². The van der Waals surface area contributed by atoms with Crippen LogP contribution in [0.1, 0.15) is 24.1 Å². The van der Waals surface area contributed by atoms with Gasteiger partial charge in [0, 0.05) is 0 Å². The Balaban J connectivity index is 1.71. The molecule has 1 atom stereocenters. The van der Waals surface area contributed by atoms with Gasteiger partial charge in [0.2, 0.25) is 21.8 Å². The molecule has 2 rings (SSSR count). The monoisotopic (exact) mass is 389 g/mol. The normalized spacial score (nSPS) is 12.2. The second kappa shape index (κ2) is 9.84. The Kier molecular flexibility index (Phi) is 7.51. The summed E-state index contributed by atoms with van der Waals surface area (Å²) in [5.41, 5.74) is 1.57. The van der Waals surface area contributed by atoms with E-state index in [0.29, 0.717) is 5.56 Å². The number of nitrogens with one attached hydrogen (secondary N) is 3. The first-order valence-electron chi connectivity index (χ1n) is 8.48. The summed E-state index contributed by atoms with van der Waals surface area (Å²) >= 11 is 0. The molecule has 0 saturated carbocycles. The van der Waals surface area contributed by atoms with Crippen molar-refractivity contribution in [2.24, 2.45) is 0 Å². The SMILES string of the molecule is C[C@@H](NC(=O)CNC(=O)CNS(=O)(=O)Cc1ccccc1)c1ccccc1. The molecule has 0 radical (unpaired) electrons. The lowest BCUT2D eigenvalue weighted by molar-refractivity contribution is -0.125. The smallest absolute Gasteiger partial charge is 0.239 e. The molecule has 0 fully saturated rings. The van der Waals surface area contributed by atoms with Crippen molar-refractivity contribution < 1.29 is 18.0 Å². The highest BCUT2D eigenvalue weighted by molar-refractivity contribution is 7.88. The predicted molar refractivity (Wildman–Crippen MR) is 103 cm³/mol. The number of amides is 2. The average molecular weight is 389 g/mol. The zero-order chi connectivity index (χ0) is 19.7. The lowest BCUT2D eigenvalue weighted by Crippen LogP contribution is -2.42. The van der Waals surface area contributed by atoms with Gasteiger partial charge in [-0.05, 0) is 18.1 Å². The largest absolute Gasteiger partial charge is 0.348 e. The van der Waals surface area contributed by atoms with Gasteiger partial charge in [-0.1, -0.05) is 60.7 Å². The molecule has 2 aromatic rings. The van der Waals surface area contributed by atoms with E-state index in [4.69, 9.17) is 0 Å². The molecular formula is C19H23N3O4S. The van der Waals surface area contributed by atoms with Crippen LogP contribution in [0.15, 0.2) is 60.7 Å². The van der Waals surface area contributed by atoms with Crippen LogP contribution < -0.4 is 15.4 Å². The highest BCUT2D eigenvalue weighted by Crippen LogP contribution is 2.10. The minimum absolute atomic E-state index is 0.194. The highest BCUT2D eigenvalue weighted by Gasteiger charge is 2.14. The Hall–Kier alpha value is -2.71. The molecule has 0 aromatic heterocycles. The van der Waals surface area contributed by atoms with Gasteiger partial charge in [-0.3, -0.25) is 9.59 Å². The first-order chi connectivity index (χ1) is 12.9. The summed E-state index contributed by atoms with van der Waals surface area (Å²) in [6.45, 7) is 1.19. The van der Waals surface area contributed by atoms with Gasteiger partial charge < -0.3 is 10.6 Å². The van der Waals surface area contributed by atoms with Crippen molar-refractivity contribution in [3.63, 3.8) is 0 Å². The summed E-state index contributed by atoms with van der Waals surface area (Å²) in [7, 11) is -3.63. The van der Waals surface area contributed by atoms with Gasteiger partial charge in [-0.15, -0.1) is 0 Å². The fourth-order valence-corrected chi connectivity index (χ4v) is 3.46. The maximum Gasteiger partial charge on any atom is 0.239 e. The van der Waals surface area contributed by atoms with Crippen LogP contribution in [0.25, 0.3) is 0 Å². The predicted octanol–water partition coefficient (Wildman–Crippen LogP) is 1.10. The number of rotatable bonds is 9. The van der Waals surface area contributed by atoms with E-state index in [1.165, 1.54) is 0 Å². The van der Waals surface area contributed by atoms with Gasteiger partial charge in [0.15, 0.2) is 0 Å². The van der Waals surface area contributed by atoms with Crippen molar-refractivity contribution in [3.8, 4) is 0 Å². The van der Waals surface area contributed by atoms with E-state index in [9.17, 15) is 18.0 Å². The van der Waals surface area contributed by atoms with Gasteiger partial charge in [-0.25, -0.2) is 13.1 Å². The number of hydrogen-bond acceptors (Lipinski definition) is 4. The number of benzene rings is 2. The Labute approximate surface area is 159 Å². The minimum atomic E-state index is -3.63. The van der Waals surface area contributed by atoms with E-state index in [1.807, 2.05) is 37.3 Å². The number of sulfonamides is 1. The van der Waals surface area contributed by atoms with Crippen molar-refractivity contribution in [2.45, 2.75) is 18.7 Å². The lowest BCUT2D eigenvalue weighted by atomic mass is 10.1. The van der Waals surface area contributed by atoms with E-state index >= 15 is 0 Å². The van der Waals surface area contributed by atoms with Crippen molar-refractivity contribution in [1.82, 2.24) is 15.4 Å². The molecule has 3 N–H and O–H groups in total. The zero-order valence-corrected chi connectivity index (χ0v) is 15.8. The second-order valence-corrected chi connectivity index (χ2v) is 7.85. The van der Waals surface area contributed by atoms with Crippen LogP contribution in [0.3, 0.4) is 0 Å². The van der Waals surface area contributed by atoms with E-state index in [2.05, 4.69) is 15.4 Å². The second-order valence-electron chi connectivity index (χ2n) is 6.04. The van der Waals surface area contributed by atoms with Crippen LogP contribution in [0.4, 0.5) is 0 Å². The van der Waals surface area contributed by atoms with Gasteiger partial charge in [0.05, 0.1) is 24.9 Å². The molecule has 0 spiro atoms. The van der Waals surface area contributed by atoms with Crippen LogP contribution in [0.2, 0.25) is 0 Å². The summed E-state index contributed by atoms with van der Waals surface area (Å²) in [6.07, 6.45) is 0. The molecule has 2 aromatic carbocycles. The van der Waals surface area contributed by atoms with Crippen LogP contribution in [-0.4, -0.2) is 33.3 Å². The minimum Gasteiger partial charge on any atom is -0.348 e. The maximum atomic E-state index is 12.0. The van der Waals surface area contributed by atoms with E-state index in [0.717, 1.165) is 5.56 Å². The fourth-order valence-electron chi connectivity index (χ4n) is 2.38. The van der Waals surface area contributed by atoms with Gasteiger partial charge in [0.1, 0.15) is 0 Å². The van der Waals surface area contributed by atoms with Crippen LogP contribution in [0.5, 0.6) is 0 Å². The van der Waals surface area contributed by atoms with Gasteiger partial charge >= 0.3 is 0 Å². The van der Waals surface area contributed by atoms with Crippen molar-refractivity contribution in [3.05, 3.63) is 71.8 Å². The lowest BCUT2D eigenvalue weighted by Gasteiger charge is -2.14. The van der Waals surface area contributed by atoms with E-state index in [-0.39, 0.29) is 24.2 Å². The molecule has 0 aliphatic rings. The molecule has 0 unspecified atom stereocenters. The molecule has 2 amide bonds. The summed E-state index contributed by atoms with van der Waals surface area (Å²) in [6, 6.07) is 17.9. The zero-order valence-electron chi connectivity index (χ0n) is 15.0. The molecule has 144 valence electrons. The van der Waals surface area contributed by atoms with Crippen molar-refractivity contribution >= 4 is 21.8 Å². The molecule has 8 heteroatoms. The Morgan fingerprint density at radius 2 is 1.48 bits per heavy atom. The number of carbonyl (C=O) groups is 2. The molecule has 7 nitrogen and oxygen atoms in total. The molecule has 0 bridgehead atoms. The summed E-state index contributed by atoms with van der Waals surface area (Å²) in [4.78, 5) is 23.7. The van der Waals surface area contributed by atoms with Crippen LogP contribution in [-0.2, 0) is 25.4 Å². The third-order valence-corrected chi connectivity index (χ3v) is 5.07. The summed E-state index contributed by atoms with van der Waals surface area (Å²) in [5, 5.41) is 5.16. The van der Waals surface area contributed by atoms with E-state index < -0.39 is 22.5 Å². The van der Waals surface area contributed by atoms with Gasteiger partial charge in [-0.2, -0.15) is 0 Å². The van der Waals surface area contributed by atoms with Crippen LogP contribution in [0, 0.1) is 0 Å². The highest BCUT2D eigenvalue weighted by atomic mass is 32.2. The number of hydrogen-bond donors (Lipinski definition) is 3. The van der Waals surface area contributed by atoms with Crippen molar-refractivity contribution in [2.75, 3.05) is 13.1 Å². The van der Waals surface area contributed by atoms with E-state index in [1.54, 1.807) is 30.3 Å². The molecular weight excluding hydrogens is 366 g/mol. The molecule has 0 saturated heterocycles. The first-order valence-corrected chi connectivity index (χ1v) is 10.1. The Morgan fingerprint density at radius 3 is 2.11 bits per heavy atom. The fraction of sp³-hybridized carbons (Fsp3) is 0.263. The molecule has 0 aliphatic heterocycles. The summed E-state index contributed by atoms with van der Waals surface area (Å²) in [5.74, 6) is -1.14. The Morgan fingerprint density at radius 1 is 0.889 bits per heavy atom. The number of carbonyl (C=O) groups excluding carboxylic acids is 2. The third-order valence-electron chi connectivity index (χ3n) is 3.78. The molecule has 27 heavy (non-hydrogen) atoms. The quantitative estimate of drug-likeness (QED) is 0.597. The standard InChI is InChI=1S/C19H23N3O4S/c1-15(17-10-6-3-7-11-17)22-19(24)12-20-18(23)13-21-27(25,26)14-16-8-4-2-5-9-16/h2-11,15,21H,12-14H2,1H3,(H,20,23)(H,22,24)/t15-/m1/s1. The maximum absolute atomic E-state index is 12.0. The van der Waals surface area contributed by atoms with Gasteiger partial charge in [0.25, 0.3) is 0 Å². The molecule has 0 aliphatic carbocycles. The topological polar surface area (TPSA) is 104 Å². The average Bonchev–Trinajstić information content (AvgIpc) is 2.66.